The number of halogens is 2. The van der Waals surface area contributed by atoms with Crippen molar-refractivity contribution in [3.8, 4) is 0 Å². The maximum Gasteiger partial charge on any atom is 0.137 e. The first-order valence-corrected chi connectivity index (χ1v) is 8.38. The average molecular weight is 360 g/mol. The molecule has 0 aromatic heterocycles. The third-order valence-electron chi connectivity index (χ3n) is 3.50. The molecule has 0 aliphatic heterocycles. The summed E-state index contributed by atoms with van der Waals surface area (Å²) in [6.45, 7) is 12.2. The third-order valence-corrected chi connectivity index (χ3v) is 4.39. The van der Waals surface area contributed by atoms with Crippen molar-refractivity contribution in [1.29, 1.82) is 0 Å². The van der Waals surface area contributed by atoms with Gasteiger partial charge in [0.15, 0.2) is 0 Å². The van der Waals surface area contributed by atoms with Gasteiger partial charge in [-0.15, -0.1) is 0 Å². The van der Waals surface area contributed by atoms with Crippen LogP contribution in [0.25, 0.3) is 0 Å². The van der Waals surface area contributed by atoms with E-state index in [0.717, 1.165) is 18.5 Å². The minimum absolute atomic E-state index is 0.0165. The SMILES string of the molecule is CCNC(Cc1cccc(F)c1Br)C(OCC)C(C)(C)C. The van der Waals surface area contributed by atoms with Crippen LogP contribution in [0.5, 0.6) is 0 Å². The standard InChI is InChI=1S/C17H27BrFNO/c1-6-20-14(16(21-7-2)17(3,4)5)11-12-9-8-10-13(19)15(12)18/h8-10,14,16,20H,6-7,11H2,1-5H3. The van der Waals surface area contributed by atoms with Gasteiger partial charge in [0, 0.05) is 12.6 Å². The largest absolute Gasteiger partial charge is 0.376 e. The summed E-state index contributed by atoms with van der Waals surface area (Å²) >= 11 is 3.35. The van der Waals surface area contributed by atoms with Crippen molar-refractivity contribution < 1.29 is 9.13 Å². The summed E-state index contributed by atoms with van der Waals surface area (Å²) in [6, 6.07) is 5.33. The van der Waals surface area contributed by atoms with Gasteiger partial charge in [-0.3, -0.25) is 0 Å². The highest BCUT2D eigenvalue weighted by Gasteiger charge is 2.33. The van der Waals surface area contributed by atoms with Gasteiger partial charge >= 0.3 is 0 Å². The summed E-state index contributed by atoms with van der Waals surface area (Å²) in [5, 5.41) is 3.50. The van der Waals surface area contributed by atoms with Crippen LogP contribution in [-0.2, 0) is 11.2 Å². The van der Waals surface area contributed by atoms with Gasteiger partial charge in [-0.05, 0) is 52.9 Å². The van der Waals surface area contributed by atoms with Crippen LogP contribution in [0.3, 0.4) is 0 Å². The molecule has 1 aromatic carbocycles. The van der Waals surface area contributed by atoms with Crippen molar-refractivity contribution in [3.05, 3.63) is 34.1 Å². The van der Waals surface area contributed by atoms with Crippen LogP contribution in [0.1, 0.15) is 40.2 Å². The Morgan fingerprint density at radius 3 is 2.48 bits per heavy atom. The van der Waals surface area contributed by atoms with E-state index in [0.29, 0.717) is 11.1 Å². The van der Waals surface area contributed by atoms with E-state index in [4.69, 9.17) is 4.74 Å². The van der Waals surface area contributed by atoms with Gasteiger partial charge in [-0.2, -0.15) is 0 Å². The molecule has 2 unspecified atom stereocenters. The predicted molar refractivity (Wildman–Crippen MR) is 90.1 cm³/mol. The lowest BCUT2D eigenvalue weighted by molar-refractivity contribution is -0.0352. The summed E-state index contributed by atoms with van der Waals surface area (Å²) < 4.78 is 20.2. The van der Waals surface area contributed by atoms with Crippen molar-refractivity contribution in [3.63, 3.8) is 0 Å². The van der Waals surface area contributed by atoms with Crippen LogP contribution >= 0.6 is 15.9 Å². The van der Waals surface area contributed by atoms with Gasteiger partial charge in [-0.1, -0.05) is 39.8 Å². The first-order chi connectivity index (χ1) is 9.81. The van der Waals surface area contributed by atoms with Gasteiger partial charge in [0.1, 0.15) is 5.82 Å². The van der Waals surface area contributed by atoms with Crippen LogP contribution in [0, 0.1) is 11.2 Å². The molecule has 0 radical (unpaired) electrons. The van der Waals surface area contributed by atoms with Crippen LogP contribution in [0.2, 0.25) is 0 Å². The molecule has 0 aliphatic rings. The highest BCUT2D eigenvalue weighted by atomic mass is 79.9. The molecule has 120 valence electrons. The number of nitrogens with one attached hydrogen (secondary N) is 1. The van der Waals surface area contributed by atoms with Crippen LogP contribution < -0.4 is 5.32 Å². The fourth-order valence-electron chi connectivity index (χ4n) is 2.64. The molecule has 0 bridgehead atoms. The lowest BCUT2D eigenvalue weighted by Gasteiger charge is -2.37. The zero-order valence-corrected chi connectivity index (χ0v) is 15.3. The topological polar surface area (TPSA) is 21.3 Å². The lowest BCUT2D eigenvalue weighted by atomic mass is 9.82. The van der Waals surface area contributed by atoms with Crippen molar-refractivity contribution in [2.45, 2.75) is 53.2 Å². The highest BCUT2D eigenvalue weighted by molar-refractivity contribution is 9.10. The van der Waals surface area contributed by atoms with Crippen LogP contribution in [-0.4, -0.2) is 25.3 Å². The van der Waals surface area contributed by atoms with Crippen molar-refractivity contribution in [2.24, 2.45) is 5.41 Å². The average Bonchev–Trinajstić information content (AvgIpc) is 2.39. The molecule has 2 nitrogen and oxygen atoms in total. The quantitative estimate of drug-likeness (QED) is 0.770. The van der Waals surface area contributed by atoms with Gasteiger partial charge in [0.05, 0.1) is 10.6 Å². The number of hydrogen-bond donors (Lipinski definition) is 1. The van der Waals surface area contributed by atoms with E-state index >= 15 is 0 Å². The molecular weight excluding hydrogens is 333 g/mol. The Hall–Kier alpha value is -0.450. The smallest absolute Gasteiger partial charge is 0.137 e. The minimum Gasteiger partial charge on any atom is -0.376 e. The van der Waals surface area contributed by atoms with E-state index in [1.54, 1.807) is 6.07 Å². The van der Waals surface area contributed by atoms with E-state index in [-0.39, 0.29) is 23.4 Å². The Kier molecular flexibility index (Phi) is 7.31. The molecule has 0 spiro atoms. The molecule has 0 amide bonds. The molecule has 4 heteroatoms. The van der Waals surface area contributed by atoms with Gasteiger partial charge in [0.25, 0.3) is 0 Å². The van der Waals surface area contributed by atoms with Crippen molar-refractivity contribution >= 4 is 15.9 Å². The molecule has 2 atom stereocenters. The zero-order valence-electron chi connectivity index (χ0n) is 13.7. The van der Waals surface area contributed by atoms with E-state index in [1.807, 2.05) is 13.0 Å². The number of likely N-dealkylation sites (N-methyl/N-ethyl adjacent to an activating group) is 1. The van der Waals surface area contributed by atoms with Gasteiger partial charge in [0.2, 0.25) is 0 Å². The predicted octanol–water partition coefficient (Wildman–Crippen LogP) is 4.56. The second kappa shape index (κ2) is 8.25. The van der Waals surface area contributed by atoms with E-state index in [9.17, 15) is 4.39 Å². The molecule has 21 heavy (non-hydrogen) atoms. The number of ether oxygens (including phenoxy) is 1. The normalized spacial score (nSPS) is 15.0. The molecule has 0 fully saturated rings. The summed E-state index contributed by atoms with van der Waals surface area (Å²) in [4.78, 5) is 0. The maximum atomic E-state index is 13.7. The second-order valence-corrected chi connectivity index (χ2v) is 7.12. The molecule has 0 heterocycles. The summed E-state index contributed by atoms with van der Waals surface area (Å²) in [6.07, 6.45) is 0.798. The van der Waals surface area contributed by atoms with E-state index in [1.165, 1.54) is 6.07 Å². The molecular formula is C17H27BrFNO. The monoisotopic (exact) mass is 359 g/mol. The molecule has 1 N–H and O–H groups in total. The molecule has 0 saturated carbocycles. The third kappa shape index (κ3) is 5.35. The summed E-state index contributed by atoms with van der Waals surface area (Å²) in [5.74, 6) is -0.216. The summed E-state index contributed by atoms with van der Waals surface area (Å²) in [7, 11) is 0. The lowest BCUT2D eigenvalue weighted by Crippen LogP contribution is -2.49. The maximum absolute atomic E-state index is 13.7. The molecule has 1 aromatic rings. The molecule has 0 saturated heterocycles. The number of rotatable bonds is 7. The van der Waals surface area contributed by atoms with Crippen molar-refractivity contribution in [1.82, 2.24) is 5.32 Å². The first kappa shape index (κ1) is 18.6. The fourth-order valence-corrected chi connectivity index (χ4v) is 3.07. The Labute approximate surface area is 136 Å². The Balaban J connectivity index is 3.02. The fraction of sp³-hybridized carbons (Fsp3) is 0.647. The second-order valence-electron chi connectivity index (χ2n) is 6.32. The van der Waals surface area contributed by atoms with Crippen LogP contribution in [0.15, 0.2) is 22.7 Å². The number of hydrogen-bond acceptors (Lipinski definition) is 2. The van der Waals surface area contributed by atoms with E-state index in [2.05, 4.69) is 48.9 Å². The van der Waals surface area contributed by atoms with Gasteiger partial charge < -0.3 is 10.1 Å². The Morgan fingerprint density at radius 1 is 1.29 bits per heavy atom. The summed E-state index contributed by atoms with van der Waals surface area (Å²) in [5.41, 5.74) is 0.984. The van der Waals surface area contributed by atoms with E-state index < -0.39 is 0 Å². The Bertz CT molecular complexity index is 445. The molecule has 0 aliphatic carbocycles. The molecule has 1 rings (SSSR count). The highest BCUT2D eigenvalue weighted by Crippen LogP contribution is 2.29. The minimum atomic E-state index is -0.216. The van der Waals surface area contributed by atoms with Crippen LogP contribution in [0.4, 0.5) is 4.39 Å². The van der Waals surface area contributed by atoms with Gasteiger partial charge in [-0.25, -0.2) is 4.39 Å². The van der Waals surface area contributed by atoms with Crippen molar-refractivity contribution in [2.75, 3.05) is 13.2 Å². The first-order valence-electron chi connectivity index (χ1n) is 7.59. The number of benzene rings is 1. The Morgan fingerprint density at radius 2 is 1.95 bits per heavy atom. The zero-order chi connectivity index (χ0) is 16.0.